The second kappa shape index (κ2) is 5.14. The van der Waals surface area contributed by atoms with E-state index in [4.69, 9.17) is 5.11 Å². The molecule has 16 heavy (non-hydrogen) atoms. The first-order chi connectivity index (χ1) is 7.45. The number of hydrogen-bond acceptors (Lipinski definition) is 2. The van der Waals surface area contributed by atoms with Crippen LogP contribution >= 0.6 is 0 Å². The molecule has 0 radical (unpaired) electrons. The van der Waals surface area contributed by atoms with Crippen molar-refractivity contribution in [3.63, 3.8) is 0 Å². The molecule has 0 spiro atoms. The van der Waals surface area contributed by atoms with E-state index in [-0.39, 0.29) is 5.92 Å². The summed E-state index contributed by atoms with van der Waals surface area (Å²) in [6.45, 7) is 7.95. The molecule has 1 aromatic rings. The molecule has 1 heterocycles. The summed E-state index contributed by atoms with van der Waals surface area (Å²) in [5.74, 6) is -1.14. The normalized spacial score (nSPS) is 13.1. The number of nitrogens with zero attached hydrogens (tertiary/aromatic N) is 2. The average molecular weight is 224 g/mol. The van der Waals surface area contributed by atoms with Gasteiger partial charge in [-0.25, -0.2) is 0 Å². The van der Waals surface area contributed by atoms with Crippen molar-refractivity contribution in [3.05, 3.63) is 17.5 Å². The minimum absolute atomic E-state index is 0.323. The van der Waals surface area contributed by atoms with Crippen LogP contribution in [0.15, 0.2) is 6.07 Å². The van der Waals surface area contributed by atoms with Gasteiger partial charge in [-0.2, -0.15) is 5.10 Å². The molecule has 1 atom stereocenters. The average Bonchev–Trinajstić information content (AvgIpc) is 2.60. The van der Waals surface area contributed by atoms with Gasteiger partial charge in [0.25, 0.3) is 0 Å². The monoisotopic (exact) mass is 224 g/mol. The lowest BCUT2D eigenvalue weighted by Gasteiger charge is -2.09. The number of carbonyl (C=O) groups is 1. The van der Waals surface area contributed by atoms with Crippen molar-refractivity contribution in [2.75, 3.05) is 0 Å². The summed E-state index contributed by atoms with van der Waals surface area (Å²) < 4.78 is 1.98. The summed E-state index contributed by atoms with van der Waals surface area (Å²) in [6.07, 6.45) is 1.43. The van der Waals surface area contributed by atoms with Crippen molar-refractivity contribution in [1.82, 2.24) is 9.78 Å². The second-order valence-electron chi connectivity index (χ2n) is 4.46. The van der Waals surface area contributed by atoms with Gasteiger partial charge in [-0.15, -0.1) is 0 Å². The topological polar surface area (TPSA) is 55.1 Å². The zero-order chi connectivity index (χ0) is 12.3. The second-order valence-corrected chi connectivity index (χ2v) is 4.46. The first kappa shape index (κ1) is 12.7. The van der Waals surface area contributed by atoms with Crippen molar-refractivity contribution in [1.29, 1.82) is 0 Å². The quantitative estimate of drug-likeness (QED) is 0.834. The van der Waals surface area contributed by atoms with E-state index < -0.39 is 5.97 Å². The molecule has 0 saturated carbocycles. The summed E-state index contributed by atoms with van der Waals surface area (Å²) in [5.41, 5.74) is 2.04. The van der Waals surface area contributed by atoms with Gasteiger partial charge in [0.1, 0.15) is 0 Å². The van der Waals surface area contributed by atoms with Crippen LogP contribution in [-0.2, 0) is 17.6 Å². The number of rotatable bonds is 5. The van der Waals surface area contributed by atoms with Crippen LogP contribution in [0.2, 0.25) is 0 Å². The fourth-order valence-electron chi connectivity index (χ4n) is 1.70. The lowest BCUT2D eigenvalue weighted by molar-refractivity contribution is -0.141. The van der Waals surface area contributed by atoms with Crippen LogP contribution in [0.25, 0.3) is 0 Å². The maximum Gasteiger partial charge on any atom is 0.306 e. The molecular formula is C12H20N2O2. The van der Waals surface area contributed by atoms with Crippen molar-refractivity contribution in [3.8, 4) is 0 Å². The van der Waals surface area contributed by atoms with Crippen molar-refractivity contribution in [2.24, 2.45) is 5.92 Å². The van der Waals surface area contributed by atoms with E-state index in [0.29, 0.717) is 12.5 Å². The predicted octanol–water partition coefficient (Wildman–Crippen LogP) is 2.29. The predicted molar refractivity (Wildman–Crippen MR) is 62.5 cm³/mol. The zero-order valence-electron chi connectivity index (χ0n) is 10.4. The lowest BCUT2D eigenvalue weighted by Crippen LogP contribution is -2.13. The summed E-state index contributed by atoms with van der Waals surface area (Å²) in [4.78, 5) is 10.8. The Balaban J connectivity index is 2.86. The van der Waals surface area contributed by atoms with Gasteiger partial charge in [-0.05, 0) is 26.3 Å². The van der Waals surface area contributed by atoms with Crippen molar-refractivity contribution < 1.29 is 9.90 Å². The van der Waals surface area contributed by atoms with Crippen LogP contribution in [0.3, 0.4) is 0 Å². The van der Waals surface area contributed by atoms with Crippen LogP contribution in [0.5, 0.6) is 0 Å². The molecule has 0 aromatic carbocycles. The number of aryl methyl sites for hydroxylation is 1. The van der Waals surface area contributed by atoms with Gasteiger partial charge in [0.2, 0.25) is 0 Å². The van der Waals surface area contributed by atoms with E-state index in [0.717, 1.165) is 12.1 Å². The SMILES string of the molecule is CCc1cc(CC(C)C(=O)O)nn1C(C)C. The van der Waals surface area contributed by atoms with Gasteiger partial charge in [-0.3, -0.25) is 9.48 Å². The Hall–Kier alpha value is -1.32. The highest BCUT2D eigenvalue weighted by atomic mass is 16.4. The minimum Gasteiger partial charge on any atom is -0.481 e. The summed E-state index contributed by atoms with van der Waals surface area (Å²) >= 11 is 0. The number of carboxylic acids is 1. The van der Waals surface area contributed by atoms with Gasteiger partial charge in [0.05, 0.1) is 11.6 Å². The van der Waals surface area contributed by atoms with Gasteiger partial charge in [0, 0.05) is 18.2 Å². The Morgan fingerprint density at radius 1 is 1.50 bits per heavy atom. The van der Waals surface area contributed by atoms with E-state index in [1.807, 2.05) is 10.7 Å². The van der Waals surface area contributed by atoms with Gasteiger partial charge < -0.3 is 5.11 Å². The molecule has 4 nitrogen and oxygen atoms in total. The molecular weight excluding hydrogens is 204 g/mol. The third-order valence-corrected chi connectivity index (χ3v) is 2.65. The Labute approximate surface area is 96.3 Å². The summed E-state index contributed by atoms with van der Waals surface area (Å²) in [5, 5.41) is 13.3. The number of hydrogen-bond donors (Lipinski definition) is 1. The highest BCUT2D eigenvalue weighted by molar-refractivity contribution is 5.69. The molecule has 0 amide bonds. The molecule has 0 fully saturated rings. The maximum atomic E-state index is 10.8. The standard InChI is InChI=1S/C12H20N2O2/c1-5-11-7-10(6-9(4)12(15)16)13-14(11)8(2)3/h7-9H,5-6H2,1-4H3,(H,15,16). The Morgan fingerprint density at radius 3 is 2.50 bits per heavy atom. The molecule has 0 saturated heterocycles. The molecule has 90 valence electrons. The van der Waals surface area contributed by atoms with E-state index in [9.17, 15) is 4.79 Å². The van der Waals surface area contributed by atoms with E-state index in [2.05, 4.69) is 25.9 Å². The van der Waals surface area contributed by atoms with Crippen molar-refractivity contribution in [2.45, 2.75) is 46.6 Å². The smallest absolute Gasteiger partial charge is 0.306 e. The minimum atomic E-state index is -0.767. The van der Waals surface area contributed by atoms with Crippen LogP contribution in [0, 0.1) is 5.92 Å². The Bertz CT molecular complexity index is 369. The zero-order valence-corrected chi connectivity index (χ0v) is 10.4. The molecule has 0 aliphatic heterocycles. The molecule has 1 N–H and O–H groups in total. The summed E-state index contributed by atoms with van der Waals surface area (Å²) in [6, 6.07) is 2.34. The third-order valence-electron chi connectivity index (χ3n) is 2.65. The number of aromatic nitrogens is 2. The van der Waals surface area contributed by atoms with Crippen LogP contribution in [0.1, 0.15) is 45.1 Å². The summed E-state index contributed by atoms with van der Waals surface area (Å²) in [7, 11) is 0. The Morgan fingerprint density at radius 2 is 2.12 bits per heavy atom. The molecule has 0 aliphatic rings. The highest BCUT2D eigenvalue weighted by Crippen LogP contribution is 2.14. The highest BCUT2D eigenvalue weighted by Gasteiger charge is 2.15. The molecule has 1 unspecified atom stereocenters. The van der Waals surface area contributed by atoms with Crippen LogP contribution in [0.4, 0.5) is 0 Å². The molecule has 1 aromatic heterocycles. The number of aliphatic carboxylic acids is 1. The molecule has 0 bridgehead atoms. The van der Waals surface area contributed by atoms with Gasteiger partial charge in [0.15, 0.2) is 0 Å². The fraction of sp³-hybridized carbons (Fsp3) is 0.667. The van der Waals surface area contributed by atoms with Crippen LogP contribution < -0.4 is 0 Å². The molecule has 0 aliphatic carbocycles. The third kappa shape index (κ3) is 2.84. The fourth-order valence-corrected chi connectivity index (χ4v) is 1.70. The largest absolute Gasteiger partial charge is 0.481 e. The first-order valence-corrected chi connectivity index (χ1v) is 5.75. The Kier molecular flexibility index (Phi) is 4.10. The lowest BCUT2D eigenvalue weighted by atomic mass is 10.1. The molecule has 4 heteroatoms. The van der Waals surface area contributed by atoms with E-state index >= 15 is 0 Å². The van der Waals surface area contributed by atoms with E-state index in [1.165, 1.54) is 5.69 Å². The van der Waals surface area contributed by atoms with Gasteiger partial charge >= 0.3 is 5.97 Å². The van der Waals surface area contributed by atoms with E-state index in [1.54, 1.807) is 6.92 Å². The maximum absolute atomic E-state index is 10.8. The van der Waals surface area contributed by atoms with Gasteiger partial charge in [-0.1, -0.05) is 13.8 Å². The number of carboxylic acid groups (broad SMARTS) is 1. The van der Waals surface area contributed by atoms with Crippen LogP contribution in [-0.4, -0.2) is 20.9 Å². The molecule has 1 rings (SSSR count). The van der Waals surface area contributed by atoms with Crippen molar-refractivity contribution >= 4 is 5.97 Å². The first-order valence-electron chi connectivity index (χ1n) is 5.75.